The van der Waals surface area contributed by atoms with Crippen molar-refractivity contribution in [1.29, 1.82) is 0 Å². The summed E-state index contributed by atoms with van der Waals surface area (Å²) < 4.78 is 35.3. The Balaban J connectivity index is 3.15. The fourth-order valence-electron chi connectivity index (χ4n) is 0.912. The summed E-state index contributed by atoms with van der Waals surface area (Å²) in [5, 5.41) is 0. The van der Waals surface area contributed by atoms with E-state index >= 15 is 0 Å². The van der Waals surface area contributed by atoms with E-state index in [1.54, 1.807) is 0 Å². The van der Waals surface area contributed by atoms with E-state index in [2.05, 4.69) is 6.58 Å². The molecule has 2 nitrogen and oxygen atoms in total. The number of hydrogen-bond acceptors (Lipinski definition) is 2. The molecule has 1 aromatic carbocycles. The first-order valence-corrected chi connectivity index (χ1v) is 5.31. The summed E-state index contributed by atoms with van der Waals surface area (Å²) in [6.07, 6.45) is 1.28. The van der Waals surface area contributed by atoms with E-state index in [1.165, 1.54) is 24.3 Å². The molecule has 1 aromatic rings. The van der Waals surface area contributed by atoms with Crippen LogP contribution in [-0.2, 0) is 9.84 Å². The molecule has 4 heteroatoms. The lowest BCUT2D eigenvalue weighted by atomic mass is 10.4. The third-order valence-corrected chi connectivity index (χ3v) is 3.14. The van der Waals surface area contributed by atoms with Gasteiger partial charge in [-0.25, -0.2) is 12.8 Å². The van der Waals surface area contributed by atoms with E-state index in [-0.39, 0.29) is 10.6 Å². The molecule has 0 aliphatic rings. The first-order chi connectivity index (χ1) is 6.06. The highest BCUT2D eigenvalue weighted by atomic mass is 32.2. The number of sulfone groups is 1. The Morgan fingerprint density at radius 1 is 1.46 bits per heavy atom. The second-order valence-corrected chi connectivity index (χ2v) is 4.56. The Morgan fingerprint density at radius 2 is 2.15 bits per heavy atom. The van der Waals surface area contributed by atoms with Gasteiger partial charge < -0.3 is 0 Å². The number of rotatable bonds is 3. The van der Waals surface area contributed by atoms with Crippen molar-refractivity contribution in [2.24, 2.45) is 0 Å². The second-order valence-electron chi connectivity index (χ2n) is 2.53. The minimum Gasteiger partial charge on any atom is -0.223 e. The van der Waals surface area contributed by atoms with E-state index in [0.29, 0.717) is 0 Å². The first-order valence-electron chi connectivity index (χ1n) is 3.65. The third-order valence-electron chi connectivity index (χ3n) is 1.49. The average molecular weight is 200 g/mol. The summed E-state index contributed by atoms with van der Waals surface area (Å²) in [6, 6.07) is 4.93. The summed E-state index contributed by atoms with van der Waals surface area (Å²) in [5.74, 6) is -0.721. The molecule has 1 rings (SSSR count). The molecule has 0 saturated heterocycles. The van der Waals surface area contributed by atoms with Crippen LogP contribution in [0.4, 0.5) is 4.39 Å². The lowest BCUT2D eigenvalue weighted by Crippen LogP contribution is -2.04. The number of benzene rings is 1. The predicted octanol–water partition coefficient (Wildman–Crippen LogP) is 1.79. The Morgan fingerprint density at radius 3 is 2.69 bits per heavy atom. The number of hydrogen-bond donors (Lipinski definition) is 0. The van der Waals surface area contributed by atoms with Crippen LogP contribution in [0.2, 0.25) is 0 Å². The summed E-state index contributed by atoms with van der Waals surface area (Å²) in [5.41, 5.74) is 0. The molecule has 0 heterocycles. The maximum atomic E-state index is 12.6. The summed E-state index contributed by atoms with van der Waals surface area (Å²) in [4.78, 5) is -0.00704. The highest BCUT2D eigenvalue weighted by Crippen LogP contribution is 2.12. The van der Waals surface area contributed by atoms with Gasteiger partial charge in [-0.15, -0.1) is 6.58 Å². The third kappa shape index (κ3) is 2.39. The van der Waals surface area contributed by atoms with E-state index in [1.807, 2.05) is 0 Å². The zero-order valence-corrected chi connectivity index (χ0v) is 7.72. The molecule has 0 aliphatic carbocycles. The second kappa shape index (κ2) is 3.70. The molecule has 0 N–H and O–H groups in total. The summed E-state index contributed by atoms with van der Waals surface area (Å²) in [7, 11) is -3.39. The number of halogens is 1. The molecule has 0 spiro atoms. The van der Waals surface area contributed by atoms with Crippen LogP contribution in [0.1, 0.15) is 0 Å². The topological polar surface area (TPSA) is 34.1 Å². The van der Waals surface area contributed by atoms with Crippen LogP contribution in [-0.4, -0.2) is 14.2 Å². The Kier molecular flexibility index (Phi) is 2.83. The van der Waals surface area contributed by atoms with Gasteiger partial charge in [-0.05, 0) is 18.2 Å². The predicted molar refractivity (Wildman–Crippen MR) is 48.6 cm³/mol. The van der Waals surface area contributed by atoms with Crippen LogP contribution in [0.3, 0.4) is 0 Å². The van der Waals surface area contributed by atoms with Crippen molar-refractivity contribution in [3.05, 3.63) is 42.7 Å². The van der Waals surface area contributed by atoms with Gasteiger partial charge in [0.15, 0.2) is 9.84 Å². The molecule has 0 aromatic heterocycles. The highest BCUT2D eigenvalue weighted by molar-refractivity contribution is 7.91. The molecule has 0 unspecified atom stereocenters. The van der Waals surface area contributed by atoms with E-state index in [4.69, 9.17) is 0 Å². The Labute approximate surface area is 76.6 Å². The van der Waals surface area contributed by atoms with Crippen molar-refractivity contribution in [3.63, 3.8) is 0 Å². The lowest BCUT2D eigenvalue weighted by molar-refractivity contribution is 0.593. The minimum absolute atomic E-state index is 0.00704. The standard InChI is InChI=1S/C9H9FO2S/c1-2-6-13(11,12)9-5-3-4-8(10)7-9/h2-5,7H,1,6H2. The van der Waals surface area contributed by atoms with Crippen molar-refractivity contribution in [2.75, 3.05) is 5.75 Å². The van der Waals surface area contributed by atoms with Gasteiger partial charge in [-0.3, -0.25) is 0 Å². The van der Waals surface area contributed by atoms with Gasteiger partial charge in [-0.1, -0.05) is 12.1 Å². The molecule has 0 saturated carbocycles. The molecule has 0 radical (unpaired) electrons. The van der Waals surface area contributed by atoms with E-state index in [0.717, 1.165) is 6.07 Å². The first kappa shape index (κ1) is 9.92. The van der Waals surface area contributed by atoms with Crippen LogP contribution < -0.4 is 0 Å². The van der Waals surface area contributed by atoms with Crippen molar-refractivity contribution >= 4 is 9.84 Å². The van der Waals surface area contributed by atoms with E-state index < -0.39 is 15.7 Å². The fourth-order valence-corrected chi connectivity index (χ4v) is 1.99. The van der Waals surface area contributed by atoms with Gasteiger partial charge >= 0.3 is 0 Å². The molecular formula is C9H9FO2S. The lowest BCUT2D eigenvalue weighted by Gasteiger charge is -2.00. The zero-order chi connectivity index (χ0) is 9.90. The summed E-state index contributed by atoms with van der Waals surface area (Å²) >= 11 is 0. The molecule has 0 atom stereocenters. The van der Waals surface area contributed by atoms with Gasteiger partial charge in [0, 0.05) is 0 Å². The molecule has 70 valence electrons. The molecule has 13 heavy (non-hydrogen) atoms. The van der Waals surface area contributed by atoms with Gasteiger partial charge in [-0.2, -0.15) is 0 Å². The van der Waals surface area contributed by atoms with Crippen LogP contribution in [0.5, 0.6) is 0 Å². The molecule has 0 amide bonds. The molecule has 0 aliphatic heterocycles. The van der Waals surface area contributed by atoms with Crippen molar-refractivity contribution in [3.8, 4) is 0 Å². The Bertz CT molecular complexity index is 409. The summed E-state index contributed by atoms with van der Waals surface area (Å²) in [6.45, 7) is 3.32. The van der Waals surface area contributed by atoms with E-state index in [9.17, 15) is 12.8 Å². The molecule has 0 bridgehead atoms. The maximum absolute atomic E-state index is 12.6. The Hall–Kier alpha value is -1.16. The smallest absolute Gasteiger partial charge is 0.182 e. The van der Waals surface area contributed by atoms with Crippen LogP contribution in [0, 0.1) is 5.82 Å². The van der Waals surface area contributed by atoms with Gasteiger partial charge in [0.05, 0.1) is 10.6 Å². The maximum Gasteiger partial charge on any atom is 0.182 e. The van der Waals surface area contributed by atoms with Crippen LogP contribution >= 0.6 is 0 Å². The van der Waals surface area contributed by atoms with Crippen molar-refractivity contribution in [2.45, 2.75) is 4.90 Å². The SMILES string of the molecule is C=CCS(=O)(=O)c1cccc(F)c1. The minimum atomic E-state index is -3.39. The largest absolute Gasteiger partial charge is 0.223 e. The highest BCUT2D eigenvalue weighted by Gasteiger charge is 2.11. The average Bonchev–Trinajstić information content (AvgIpc) is 2.04. The van der Waals surface area contributed by atoms with Crippen molar-refractivity contribution < 1.29 is 12.8 Å². The zero-order valence-electron chi connectivity index (χ0n) is 6.90. The molecule has 0 fully saturated rings. The monoisotopic (exact) mass is 200 g/mol. The van der Waals surface area contributed by atoms with Gasteiger partial charge in [0.2, 0.25) is 0 Å². The van der Waals surface area contributed by atoms with Gasteiger partial charge in [0.1, 0.15) is 5.82 Å². The van der Waals surface area contributed by atoms with Crippen LogP contribution in [0.15, 0.2) is 41.8 Å². The normalized spacial score (nSPS) is 11.2. The van der Waals surface area contributed by atoms with Crippen molar-refractivity contribution in [1.82, 2.24) is 0 Å². The van der Waals surface area contributed by atoms with Crippen LogP contribution in [0.25, 0.3) is 0 Å². The fraction of sp³-hybridized carbons (Fsp3) is 0.111. The molecular weight excluding hydrogens is 191 g/mol. The quantitative estimate of drug-likeness (QED) is 0.697. The van der Waals surface area contributed by atoms with Gasteiger partial charge in [0.25, 0.3) is 0 Å².